The molecule has 0 saturated heterocycles. The number of benzene rings is 2. The third kappa shape index (κ3) is 4.37. The molecule has 0 saturated carbocycles. The number of carbonyl (C=O) groups is 1. The van der Waals surface area contributed by atoms with Gasteiger partial charge in [-0.15, -0.1) is 11.3 Å². The molecule has 29 heavy (non-hydrogen) atoms. The molecule has 5 nitrogen and oxygen atoms in total. The van der Waals surface area contributed by atoms with Crippen LogP contribution in [0.25, 0.3) is 10.9 Å². The number of anilines is 1. The molecule has 4 aromatic rings. The van der Waals surface area contributed by atoms with E-state index in [0.29, 0.717) is 18.7 Å². The first-order valence-electron chi connectivity index (χ1n) is 9.34. The Morgan fingerprint density at radius 3 is 2.76 bits per heavy atom. The van der Waals surface area contributed by atoms with E-state index >= 15 is 0 Å². The highest BCUT2D eigenvalue weighted by Crippen LogP contribution is 2.24. The second-order valence-electron chi connectivity index (χ2n) is 6.59. The summed E-state index contributed by atoms with van der Waals surface area (Å²) in [5.74, 6) is 5.90. The fourth-order valence-electron chi connectivity index (χ4n) is 3.19. The van der Waals surface area contributed by atoms with Gasteiger partial charge in [-0.3, -0.25) is 9.89 Å². The van der Waals surface area contributed by atoms with Crippen molar-refractivity contribution in [3.05, 3.63) is 82.2 Å². The number of amides is 1. The van der Waals surface area contributed by atoms with Crippen LogP contribution < -0.4 is 11.1 Å². The average molecular weight is 401 g/mol. The monoisotopic (exact) mass is 400 g/mol. The van der Waals surface area contributed by atoms with Crippen LogP contribution in [0.15, 0.2) is 66.0 Å². The van der Waals surface area contributed by atoms with Crippen LogP contribution in [0.2, 0.25) is 0 Å². The third-order valence-electron chi connectivity index (χ3n) is 4.63. The van der Waals surface area contributed by atoms with Gasteiger partial charge in [-0.25, -0.2) is 0 Å². The summed E-state index contributed by atoms with van der Waals surface area (Å²) in [4.78, 5) is 13.9. The van der Waals surface area contributed by atoms with Gasteiger partial charge in [0.2, 0.25) is 5.91 Å². The molecular formula is C23H20N4OS. The molecule has 0 radical (unpaired) electrons. The van der Waals surface area contributed by atoms with E-state index in [4.69, 9.17) is 5.73 Å². The van der Waals surface area contributed by atoms with Gasteiger partial charge in [-0.2, -0.15) is 5.10 Å². The Hall–Kier alpha value is -3.40. The molecule has 4 N–H and O–H groups in total. The lowest BCUT2D eigenvalue weighted by Crippen LogP contribution is -2.23. The second-order valence-corrected chi connectivity index (χ2v) is 7.54. The van der Waals surface area contributed by atoms with Gasteiger partial charge in [-0.1, -0.05) is 36.4 Å². The van der Waals surface area contributed by atoms with Crippen molar-refractivity contribution in [3.63, 3.8) is 0 Å². The standard InChI is InChI=1S/C23H20N4OS/c24-13-12-19(16-5-2-1-3-6-16)23(28)25-17-8-10-21-20(15-17)22(27-26-21)11-9-18-7-4-14-29-18/h1-8,10,14-15,19H,12-13,24H2,(H,25,28)(H,26,27). The van der Waals surface area contributed by atoms with Crippen molar-refractivity contribution in [1.29, 1.82) is 0 Å². The highest BCUT2D eigenvalue weighted by molar-refractivity contribution is 7.10. The Kier molecular flexibility index (Phi) is 5.71. The van der Waals surface area contributed by atoms with Crippen molar-refractivity contribution in [2.24, 2.45) is 5.73 Å². The van der Waals surface area contributed by atoms with Gasteiger partial charge in [0.05, 0.1) is 16.3 Å². The van der Waals surface area contributed by atoms with E-state index in [2.05, 4.69) is 27.4 Å². The normalized spacial score (nSPS) is 11.6. The van der Waals surface area contributed by atoms with Crippen molar-refractivity contribution in [1.82, 2.24) is 10.2 Å². The van der Waals surface area contributed by atoms with Crippen molar-refractivity contribution in [3.8, 4) is 11.8 Å². The lowest BCUT2D eigenvalue weighted by atomic mass is 9.94. The SMILES string of the molecule is NCCC(C(=O)Nc1ccc2n[nH]c(C#Cc3cccs3)c2c1)c1ccccc1. The number of carbonyl (C=O) groups excluding carboxylic acids is 1. The number of rotatable bonds is 5. The minimum absolute atomic E-state index is 0.0734. The number of nitrogens with zero attached hydrogens (tertiary/aromatic N) is 1. The van der Waals surface area contributed by atoms with Crippen LogP contribution >= 0.6 is 11.3 Å². The van der Waals surface area contributed by atoms with Crippen LogP contribution in [0.3, 0.4) is 0 Å². The smallest absolute Gasteiger partial charge is 0.231 e. The zero-order chi connectivity index (χ0) is 20.1. The molecule has 0 aliphatic heterocycles. The Labute approximate surface area is 173 Å². The predicted molar refractivity (Wildman–Crippen MR) is 118 cm³/mol. The Morgan fingerprint density at radius 1 is 1.14 bits per heavy atom. The van der Waals surface area contributed by atoms with E-state index in [9.17, 15) is 4.79 Å². The molecule has 2 aromatic heterocycles. The van der Waals surface area contributed by atoms with Gasteiger partial charge in [0.1, 0.15) is 5.69 Å². The zero-order valence-electron chi connectivity index (χ0n) is 15.7. The number of hydrogen-bond acceptors (Lipinski definition) is 4. The molecule has 144 valence electrons. The summed E-state index contributed by atoms with van der Waals surface area (Å²) in [7, 11) is 0. The van der Waals surface area contributed by atoms with Crippen LogP contribution in [0, 0.1) is 11.8 Å². The molecular weight excluding hydrogens is 380 g/mol. The van der Waals surface area contributed by atoms with Gasteiger partial charge in [0.25, 0.3) is 0 Å². The first-order chi connectivity index (χ1) is 14.2. The number of nitrogens with one attached hydrogen (secondary N) is 2. The highest BCUT2D eigenvalue weighted by atomic mass is 32.1. The lowest BCUT2D eigenvalue weighted by molar-refractivity contribution is -0.117. The highest BCUT2D eigenvalue weighted by Gasteiger charge is 2.20. The predicted octanol–water partition coefficient (Wildman–Crippen LogP) is 4.10. The second kappa shape index (κ2) is 8.74. The quantitative estimate of drug-likeness (QED) is 0.441. The molecule has 0 aliphatic rings. The van der Waals surface area contributed by atoms with Gasteiger partial charge in [0.15, 0.2) is 0 Å². The summed E-state index contributed by atoms with van der Waals surface area (Å²) in [5, 5.41) is 13.2. The Bertz CT molecular complexity index is 1170. The summed E-state index contributed by atoms with van der Waals surface area (Å²) in [6.07, 6.45) is 0.585. The summed E-state index contributed by atoms with van der Waals surface area (Å²) < 4.78 is 0. The van der Waals surface area contributed by atoms with Crippen LogP contribution in [0.4, 0.5) is 5.69 Å². The zero-order valence-corrected chi connectivity index (χ0v) is 16.5. The van der Waals surface area contributed by atoms with Gasteiger partial charge in [0, 0.05) is 11.1 Å². The number of H-pyrrole nitrogens is 1. The minimum atomic E-state index is -0.292. The van der Waals surface area contributed by atoms with E-state index in [1.54, 1.807) is 11.3 Å². The molecule has 0 fully saturated rings. The summed E-state index contributed by atoms with van der Waals surface area (Å²) in [6.45, 7) is 0.441. The van der Waals surface area contributed by atoms with E-state index in [0.717, 1.165) is 27.0 Å². The number of nitrogens with two attached hydrogens (primary N) is 1. The molecule has 2 aromatic carbocycles. The van der Waals surface area contributed by atoms with Crippen molar-refractivity contribution >= 4 is 33.8 Å². The van der Waals surface area contributed by atoms with Crippen molar-refractivity contribution in [2.75, 3.05) is 11.9 Å². The van der Waals surface area contributed by atoms with Crippen LogP contribution in [0.5, 0.6) is 0 Å². The molecule has 0 bridgehead atoms. The van der Waals surface area contributed by atoms with E-state index in [1.807, 2.05) is 66.0 Å². The van der Waals surface area contributed by atoms with E-state index in [-0.39, 0.29) is 11.8 Å². The van der Waals surface area contributed by atoms with Gasteiger partial charge in [-0.05, 0) is 60.0 Å². The van der Waals surface area contributed by atoms with Crippen molar-refractivity contribution < 1.29 is 4.79 Å². The lowest BCUT2D eigenvalue weighted by Gasteiger charge is -2.16. The molecule has 0 aliphatic carbocycles. The molecule has 1 atom stereocenters. The van der Waals surface area contributed by atoms with Crippen LogP contribution in [0.1, 0.15) is 28.5 Å². The topological polar surface area (TPSA) is 83.8 Å². The van der Waals surface area contributed by atoms with Crippen LogP contribution in [-0.2, 0) is 4.79 Å². The van der Waals surface area contributed by atoms with E-state index in [1.165, 1.54) is 0 Å². The van der Waals surface area contributed by atoms with E-state index < -0.39 is 0 Å². The number of fused-ring (bicyclic) bond motifs is 1. The maximum atomic E-state index is 12.9. The fourth-order valence-corrected chi connectivity index (χ4v) is 3.76. The van der Waals surface area contributed by atoms with Gasteiger partial charge < -0.3 is 11.1 Å². The van der Waals surface area contributed by atoms with Crippen LogP contribution in [-0.4, -0.2) is 22.6 Å². The Balaban J connectivity index is 1.59. The third-order valence-corrected chi connectivity index (χ3v) is 5.41. The molecule has 2 heterocycles. The molecule has 1 unspecified atom stereocenters. The molecule has 6 heteroatoms. The maximum absolute atomic E-state index is 12.9. The summed E-state index contributed by atoms with van der Waals surface area (Å²) in [6, 6.07) is 19.3. The maximum Gasteiger partial charge on any atom is 0.231 e. The first kappa shape index (κ1) is 18.9. The summed E-state index contributed by atoms with van der Waals surface area (Å²) in [5.41, 5.74) is 8.95. The number of thiophene rings is 1. The number of aromatic amines is 1. The number of hydrogen-bond donors (Lipinski definition) is 3. The largest absolute Gasteiger partial charge is 0.330 e. The number of aromatic nitrogens is 2. The molecule has 1 amide bonds. The minimum Gasteiger partial charge on any atom is -0.330 e. The molecule has 4 rings (SSSR count). The van der Waals surface area contributed by atoms with Gasteiger partial charge >= 0.3 is 0 Å². The Morgan fingerprint density at radius 2 is 2.00 bits per heavy atom. The summed E-state index contributed by atoms with van der Waals surface area (Å²) >= 11 is 1.59. The van der Waals surface area contributed by atoms with Crippen molar-refractivity contribution in [2.45, 2.75) is 12.3 Å². The molecule has 0 spiro atoms. The first-order valence-corrected chi connectivity index (χ1v) is 10.2. The fraction of sp³-hybridized carbons (Fsp3) is 0.130. The average Bonchev–Trinajstić information content (AvgIpc) is 3.40.